The highest BCUT2D eigenvalue weighted by atomic mass is 32.2. The van der Waals surface area contributed by atoms with Crippen LogP contribution in [0.5, 0.6) is 5.75 Å². The summed E-state index contributed by atoms with van der Waals surface area (Å²) in [5.41, 5.74) is -0.485. The minimum atomic E-state index is -3.41. The first kappa shape index (κ1) is 15.7. The van der Waals surface area contributed by atoms with Crippen molar-refractivity contribution in [3.8, 4) is 5.75 Å². The minimum Gasteiger partial charge on any atom is -0.484 e. The summed E-state index contributed by atoms with van der Waals surface area (Å²) in [6.45, 7) is 9.80. The van der Waals surface area contributed by atoms with Crippen molar-refractivity contribution in [2.75, 3.05) is 6.54 Å². The van der Waals surface area contributed by atoms with E-state index in [0.717, 1.165) is 6.42 Å². The largest absolute Gasteiger partial charge is 0.484 e. The van der Waals surface area contributed by atoms with Crippen molar-refractivity contribution < 1.29 is 13.2 Å². The van der Waals surface area contributed by atoms with Crippen LogP contribution in [-0.4, -0.2) is 20.6 Å². The van der Waals surface area contributed by atoms with E-state index in [0.29, 0.717) is 12.3 Å². The van der Waals surface area contributed by atoms with Crippen molar-refractivity contribution in [2.45, 2.75) is 37.7 Å². The maximum atomic E-state index is 11.9. The lowest BCUT2D eigenvalue weighted by molar-refractivity contribution is 0.162. The molecular formula is C14H21NO3S. The van der Waals surface area contributed by atoms with Crippen LogP contribution in [0.1, 0.15) is 27.2 Å². The molecule has 0 aromatic heterocycles. The molecule has 0 amide bonds. The maximum Gasteiger partial charge on any atom is 0.240 e. The monoisotopic (exact) mass is 283 g/mol. The zero-order chi connectivity index (χ0) is 14.5. The molecule has 1 aromatic rings. The lowest BCUT2D eigenvalue weighted by atomic mass is 10.1. The molecule has 1 rings (SSSR count). The Balaban J connectivity index is 2.85. The van der Waals surface area contributed by atoms with Gasteiger partial charge < -0.3 is 4.74 Å². The highest BCUT2D eigenvalue weighted by Crippen LogP contribution is 2.21. The van der Waals surface area contributed by atoms with Crippen molar-refractivity contribution in [3.05, 3.63) is 36.9 Å². The molecule has 0 saturated heterocycles. The molecule has 0 aliphatic carbocycles. The Bertz CT molecular complexity index is 518. The minimum absolute atomic E-state index is 0.240. The first-order chi connectivity index (χ1) is 8.80. The van der Waals surface area contributed by atoms with Gasteiger partial charge in [0, 0.05) is 6.54 Å². The van der Waals surface area contributed by atoms with Crippen LogP contribution < -0.4 is 9.46 Å². The molecule has 1 aromatic carbocycles. The molecule has 1 N–H and O–H groups in total. The summed E-state index contributed by atoms with van der Waals surface area (Å²) in [5.74, 6) is 0.611. The van der Waals surface area contributed by atoms with E-state index in [9.17, 15) is 8.42 Å². The van der Waals surface area contributed by atoms with Gasteiger partial charge in [0.15, 0.2) is 0 Å². The van der Waals surface area contributed by atoms with E-state index in [4.69, 9.17) is 4.74 Å². The predicted molar refractivity (Wildman–Crippen MR) is 76.8 cm³/mol. The number of nitrogens with one attached hydrogen (secondary N) is 1. The van der Waals surface area contributed by atoms with Crippen LogP contribution in [-0.2, 0) is 10.0 Å². The highest BCUT2D eigenvalue weighted by molar-refractivity contribution is 7.89. The zero-order valence-electron chi connectivity index (χ0n) is 11.6. The summed E-state index contributed by atoms with van der Waals surface area (Å²) in [6.07, 6.45) is 2.45. The third-order valence-corrected chi connectivity index (χ3v) is 4.03. The zero-order valence-corrected chi connectivity index (χ0v) is 12.5. The molecule has 5 heteroatoms. The van der Waals surface area contributed by atoms with E-state index in [1.165, 1.54) is 12.1 Å². The number of hydrogen-bond donors (Lipinski definition) is 1. The third kappa shape index (κ3) is 4.69. The average Bonchev–Trinajstić information content (AvgIpc) is 2.37. The van der Waals surface area contributed by atoms with Crippen LogP contribution in [0.2, 0.25) is 0 Å². The van der Waals surface area contributed by atoms with E-state index in [2.05, 4.69) is 11.3 Å². The second kappa shape index (κ2) is 6.21. The van der Waals surface area contributed by atoms with Gasteiger partial charge in [-0.2, -0.15) is 0 Å². The first-order valence-corrected chi connectivity index (χ1v) is 7.71. The molecule has 0 aliphatic rings. The fourth-order valence-electron chi connectivity index (χ4n) is 1.35. The van der Waals surface area contributed by atoms with Crippen LogP contribution in [0.3, 0.4) is 0 Å². The summed E-state index contributed by atoms with van der Waals surface area (Å²) in [5, 5.41) is 0. The van der Waals surface area contributed by atoms with Gasteiger partial charge in [-0.25, -0.2) is 13.1 Å². The van der Waals surface area contributed by atoms with Gasteiger partial charge in [0.05, 0.1) is 4.90 Å². The Hall–Kier alpha value is -1.33. The lowest BCUT2D eigenvalue weighted by Gasteiger charge is -2.22. The third-order valence-electron chi connectivity index (χ3n) is 2.55. The molecule has 0 unspecified atom stereocenters. The first-order valence-electron chi connectivity index (χ1n) is 6.23. The molecule has 0 saturated carbocycles. The second-order valence-corrected chi connectivity index (χ2v) is 6.55. The van der Waals surface area contributed by atoms with Gasteiger partial charge in [0.25, 0.3) is 0 Å². The number of rotatable bonds is 7. The molecule has 0 radical (unpaired) electrons. The van der Waals surface area contributed by atoms with Gasteiger partial charge in [-0.1, -0.05) is 13.5 Å². The number of benzene rings is 1. The van der Waals surface area contributed by atoms with Crippen molar-refractivity contribution in [1.82, 2.24) is 4.72 Å². The second-order valence-electron chi connectivity index (χ2n) is 4.78. The molecule has 0 heterocycles. The van der Waals surface area contributed by atoms with E-state index >= 15 is 0 Å². The van der Waals surface area contributed by atoms with Gasteiger partial charge in [-0.3, -0.25) is 0 Å². The summed E-state index contributed by atoms with van der Waals surface area (Å²) < 4.78 is 31.9. The van der Waals surface area contributed by atoms with E-state index in [-0.39, 0.29) is 4.90 Å². The summed E-state index contributed by atoms with van der Waals surface area (Å²) in [6, 6.07) is 6.36. The number of ether oxygens (including phenoxy) is 1. The predicted octanol–water partition coefficient (Wildman–Crippen LogP) is 2.72. The molecular weight excluding hydrogens is 262 g/mol. The normalized spacial score (nSPS) is 12.2. The van der Waals surface area contributed by atoms with Crippen LogP contribution in [0.15, 0.2) is 41.8 Å². The number of sulfonamides is 1. The quantitative estimate of drug-likeness (QED) is 0.783. The van der Waals surface area contributed by atoms with Crippen molar-refractivity contribution in [1.29, 1.82) is 0 Å². The average molecular weight is 283 g/mol. The smallest absolute Gasteiger partial charge is 0.240 e. The molecule has 0 aliphatic heterocycles. The van der Waals surface area contributed by atoms with Crippen molar-refractivity contribution in [2.24, 2.45) is 0 Å². The molecule has 0 fully saturated rings. The Morgan fingerprint density at radius 1 is 1.32 bits per heavy atom. The van der Waals surface area contributed by atoms with Gasteiger partial charge in [0.2, 0.25) is 10.0 Å². The summed E-state index contributed by atoms with van der Waals surface area (Å²) >= 11 is 0. The van der Waals surface area contributed by atoms with Gasteiger partial charge >= 0.3 is 0 Å². The highest BCUT2D eigenvalue weighted by Gasteiger charge is 2.16. The van der Waals surface area contributed by atoms with E-state index < -0.39 is 15.6 Å². The van der Waals surface area contributed by atoms with Crippen LogP contribution in [0, 0.1) is 0 Å². The SMILES string of the molecule is C=CC(C)(C)Oc1ccc(S(=O)(=O)NCCC)cc1. The summed E-state index contributed by atoms with van der Waals surface area (Å²) in [7, 11) is -3.41. The van der Waals surface area contributed by atoms with Crippen LogP contribution in [0.4, 0.5) is 0 Å². The standard InChI is InChI=1S/C14H21NO3S/c1-5-11-15-19(16,17)13-9-7-12(8-10-13)18-14(3,4)6-2/h6-10,15H,2,5,11H2,1,3-4H3. The molecule has 0 atom stereocenters. The van der Waals surface area contributed by atoms with Crippen LogP contribution >= 0.6 is 0 Å². The Kier molecular flexibility index (Phi) is 5.14. The molecule has 19 heavy (non-hydrogen) atoms. The Morgan fingerprint density at radius 2 is 1.89 bits per heavy atom. The van der Waals surface area contributed by atoms with Crippen LogP contribution in [0.25, 0.3) is 0 Å². The lowest BCUT2D eigenvalue weighted by Crippen LogP contribution is -2.25. The molecule has 0 spiro atoms. The molecule has 0 bridgehead atoms. The van der Waals surface area contributed by atoms with E-state index in [1.54, 1.807) is 18.2 Å². The molecule has 4 nitrogen and oxygen atoms in total. The Labute approximate surface area is 115 Å². The maximum absolute atomic E-state index is 11.9. The fraction of sp³-hybridized carbons (Fsp3) is 0.429. The molecule has 106 valence electrons. The van der Waals surface area contributed by atoms with E-state index in [1.807, 2.05) is 20.8 Å². The summed E-state index contributed by atoms with van der Waals surface area (Å²) in [4.78, 5) is 0.240. The number of hydrogen-bond acceptors (Lipinski definition) is 3. The van der Waals surface area contributed by atoms with Crippen molar-refractivity contribution in [3.63, 3.8) is 0 Å². The van der Waals surface area contributed by atoms with Crippen molar-refractivity contribution >= 4 is 10.0 Å². The van der Waals surface area contributed by atoms with Gasteiger partial charge in [-0.05, 0) is 50.6 Å². The Morgan fingerprint density at radius 3 is 2.37 bits per heavy atom. The topological polar surface area (TPSA) is 55.4 Å². The van der Waals surface area contributed by atoms with Gasteiger partial charge in [0.1, 0.15) is 11.4 Å². The fourth-order valence-corrected chi connectivity index (χ4v) is 2.49. The van der Waals surface area contributed by atoms with Gasteiger partial charge in [-0.15, -0.1) is 0 Å².